The molecule has 0 heterocycles. The van der Waals surface area contributed by atoms with Gasteiger partial charge in [0.2, 0.25) is 11.6 Å². The molecule has 0 aromatic carbocycles. The minimum atomic E-state index is -0.719. The molecule has 1 aliphatic rings. The lowest BCUT2D eigenvalue weighted by Crippen LogP contribution is -2.55. The Morgan fingerprint density at radius 1 is 0.923 bits per heavy atom. The van der Waals surface area contributed by atoms with E-state index in [2.05, 4.69) is 0 Å². The number of rotatable bonds is 4. The van der Waals surface area contributed by atoms with Crippen molar-refractivity contribution in [3.63, 3.8) is 0 Å². The van der Waals surface area contributed by atoms with E-state index in [0.717, 1.165) is 19.3 Å². The third-order valence-corrected chi connectivity index (χ3v) is 3.57. The summed E-state index contributed by atoms with van der Waals surface area (Å²) in [5.41, 5.74) is 0. The van der Waals surface area contributed by atoms with Crippen molar-refractivity contribution >= 4 is 10.5 Å². The van der Waals surface area contributed by atoms with Crippen LogP contribution in [0, 0.1) is 0 Å². The minimum absolute atomic E-state index is 0.610. The van der Waals surface area contributed by atoms with Crippen LogP contribution in [0.2, 0.25) is 0 Å². The van der Waals surface area contributed by atoms with Crippen molar-refractivity contribution in [3.05, 3.63) is 0 Å². The van der Waals surface area contributed by atoms with E-state index in [9.17, 15) is 0 Å². The van der Waals surface area contributed by atoms with E-state index < -0.39 is 11.6 Å². The van der Waals surface area contributed by atoms with Crippen LogP contribution >= 0.6 is 0 Å². The van der Waals surface area contributed by atoms with E-state index in [1.807, 2.05) is 0 Å². The van der Waals surface area contributed by atoms with Crippen molar-refractivity contribution in [2.24, 2.45) is 0 Å². The fraction of sp³-hybridized carbons (Fsp3) is 1.00. The smallest absolute Gasteiger partial charge is 0.222 e. The minimum Gasteiger partial charge on any atom is -0.397 e. The zero-order valence-corrected chi connectivity index (χ0v) is 10.8. The van der Waals surface area contributed by atoms with Gasteiger partial charge in [-0.25, -0.2) is 0 Å². The van der Waals surface area contributed by atoms with Crippen LogP contribution in [0.1, 0.15) is 19.3 Å². The molecule has 0 aromatic rings. The van der Waals surface area contributed by atoms with Gasteiger partial charge in [-0.15, -0.1) is 0 Å². The quantitative estimate of drug-likeness (QED) is 0.471. The molecule has 1 atom stereocenters. The van der Waals surface area contributed by atoms with Gasteiger partial charge in [0.15, 0.2) is 0 Å². The predicted octanol–water partition coefficient (Wildman–Crippen LogP) is -0.201. The number of hydrogen-bond acceptors (Lipinski definition) is 4. The van der Waals surface area contributed by atoms with Gasteiger partial charge in [0.25, 0.3) is 0 Å². The Kier molecular flexibility index (Phi) is 3.48. The average molecular weight is 206 g/mol. The lowest BCUT2D eigenvalue weighted by Gasteiger charge is -2.41. The Morgan fingerprint density at radius 3 is 1.69 bits per heavy atom. The van der Waals surface area contributed by atoms with E-state index in [0.29, 0.717) is 10.5 Å². The van der Waals surface area contributed by atoms with E-state index in [1.165, 1.54) is 0 Å². The van der Waals surface area contributed by atoms with Crippen molar-refractivity contribution in [2.45, 2.75) is 30.8 Å². The second-order valence-electron chi connectivity index (χ2n) is 3.18. The maximum Gasteiger partial charge on any atom is 0.222 e. The van der Waals surface area contributed by atoms with Gasteiger partial charge in [-0.1, -0.05) is 0 Å². The number of ether oxygens (including phenoxy) is 3. The monoisotopic (exact) mass is 206 g/mol. The van der Waals surface area contributed by atoms with Crippen molar-refractivity contribution in [2.75, 3.05) is 21.3 Å². The molecule has 1 unspecified atom stereocenters. The fourth-order valence-electron chi connectivity index (χ4n) is 2.13. The first-order valence-corrected chi connectivity index (χ1v) is 5.22. The third kappa shape index (κ3) is 1.44. The zero-order chi connectivity index (χ0) is 9.95. The van der Waals surface area contributed by atoms with Gasteiger partial charge in [0, 0.05) is 34.2 Å². The highest BCUT2D eigenvalue weighted by molar-refractivity contribution is 5.98. The summed E-state index contributed by atoms with van der Waals surface area (Å²) in [7, 11) is 5.50. The summed E-state index contributed by atoms with van der Waals surface area (Å²) in [6.07, 6.45) is 2.64. The van der Waals surface area contributed by atoms with Gasteiger partial charge in [-0.2, -0.15) is 0 Å². The molecule has 1 rings (SSSR count). The standard InChI is InChI=1S/C8H18O4Si/c1-9-7(10-2)5-4-6-8(7,11-3)12-13/h4-6H2,1-3,13H3. The first-order valence-electron chi connectivity index (χ1n) is 4.41. The lowest BCUT2D eigenvalue weighted by atomic mass is 10.1. The molecule has 4 nitrogen and oxygen atoms in total. The Hall–Kier alpha value is 0.0569. The molecule has 0 N–H and O–H groups in total. The third-order valence-electron chi connectivity index (χ3n) is 2.91. The first-order chi connectivity index (χ1) is 6.20. The Balaban J connectivity index is 2.92. The van der Waals surface area contributed by atoms with Crippen LogP contribution in [0.5, 0.6) is 0 Å². The Bertz CT molecular complexity index is 148. The molecule has 1 fully saturated rings. The van der Waals surface area contributed by atoms with Crippen LogP contribution in [0.15, 0.2) is 0 Å². The summed E-state index contributed by atoms with van der Waals surface area (Å²) in [6.45, 7) is 0. The summed E-state index contributed by atoms with van der Waals surface area (Å²) in [4.78, 5) is 0. The normalized spacial score (nSPS) is 32.5. The second kappa shape index (κ2) is 4.06. The highest BCUT2D eigenvalue weighted by atomic mass is 28.2. The molecule has 0 amide bonds. The molecule has 0 bridgehead atoms. The van der Waals surface area contributed by atoms with E-state index in [-0.39, 0.29) is 0 Å². The highest BCUT2D eigenvalue weighted by Gasteiger charge is 2.57. The lowest BCUT2D eigenvalue weighted by molar-refractivity contribution is -0.353. The van der Waals surface area contributed by atoms with Crippen LogP contribution in [0.4, 0.5) is 0 Å². The summed E-state index contributed by atoms with van der Waals surface area (Å²) in [5, 5.41) is 0. The van der Waals surface area contributed by atoms with Crippen molar-refractivity contribution in [1.29, 1.82) is 0 Å². The first kappa shape index (κ1) is 11.1. The molecule has 1 saturated carbocycles. The predicted molar refractivity (Wildman–Crippen MR) is 51.4 cm³/mol. The summed E-state index contributed by atoms with van der Waals surface area (Å²) in [6, 6.07) is 0. The molecule has 13 heavy (non-hydrogen) atoms. The van der Waals surface area contributed by atoms with E-state index in [1.54, 1.807) is 21.3 Å². The molecule has 0 radical (unpaired) electrons. The van der Waals surface area contributed by atoms with Crippen LogP contribution in [0.25, 0.3) is 0 Å². The molecule has 78 valence electrons. The van der Waals surface area contributed by atoms with Gasteiger partial charge >= 0.3 is 0 Å². The Morgan fingerprint density at radius 2 is 1.38 bits per heavy atom. The molecule has 0 aliphatic heterocycles. The maximum atomic E-state index is 5.51. The molecule has 0 spiro atoms. The van der Waals surface area contributed by atoms with Gasteiger partial charge in [-0.05, 0) is 6.42 Å². The van der Waals surface area contributed by atoms with Crippen LogP contribution < -0.4 is 0 Å². The molecule has 1 aliphatic carbocycles. The molecular formula is C8H18O4Si. The van der Waals surface area contributed by atoms with Crippen LogP contribution in [-0.2, 0) is 18.6 Å². The molecule has 5 heteroatoms. The van der Waals surface area contributed by atoms with E-state index in [4.69, 9.17) is 18.6 Å². The summed E-state index contributed by atoms with van der Waals surface area (Å²) in [5.74, 6) is -1.41. The fourth-order valence-corrected chi connectivity index (χ4v) is 2.81. The van der Waals surface area contributed by atoms with Gasteiger partial charge in [-0.3, -0.25) is 0 Å². The van der Waals surface area contributed by atoms with Gasteiger partial charge in [0.1, 0.15) is 10.5 Å². The Labute approximate surface area is 82.0 Å². The van der Waals surface area contributed by atoms with E-state index >= 15 is 0 Å². The van der Waals surface area contributed by atoms with Gasteiger partial charge in [0.05, 0.1) is 0 Å². The SMILES string of the molecule is COC1(OC)CCCC1(OC)O[SiH3]. The van der Waals surface area contributed by atoms with Crippen molar-refractivity contribution < 1.29 is 18.6 Å². The average Bonchev–Trinajstić information content (AvgIpc) is 2.57. The number of hydrogen-bond donors (Lipinski definition) is 0. The highest BCUT2D eigenvalue weighted by Crippen LogP contribution is 2.44. The molecule has 0 saturated heterocycles. The topological polar surface area (TPSA) is 36.9 Å². The summed E-state index contributed by atoms with van der Waals surface area (Å²) >= 11 is 0. The van der Waals surface area contributed by atoms with Gasteiger partial charge < -0.3 is 18.6 Å². The van der Waals surface area contributed by atoms with Crippen LogP contribution in [0.3, 0.4) is 0 Å². The maximum absolute atomic E-state index is 5.51. The number of methoxy groups -OCH3 is 3. The van der Waals surface area contributed by atoms with Crippen molar-refractivity contribution in [1.82, 2.24) is 0 Å². The summed E-state index contributed by atoms with van der Waals surface area (Å²) < 4.78 is 21.7. The van der Waals surface area contributed by atoms with Crippen LogP contribution in [-0.4, -0.2) is 43.4 Å². The molecule has 0 aromatic heterocycles. The second-order valence-corrected chi connectivity index (χ2v) is 3.58. The largest absolute Gasteiger partial charge is 0.397 e. The molecular weight excluding hydrogens is 188 g/mol. The van der Waals surface area contributed by atoms with Crippen molar-refractivity contribution in [3.8, 4) is 0 Å². The zero-order valence-electron chi connectivity index (χ0n) is 8.75.